The van der Waals surface area contributed by atoms with Gasteiger partial charge in [0.05, 0.1) is 23.5 Å². The third kappa shape index (κ3) is 8.66. The summed E-state index contributed by atoms with van der Waals surface area (Å²) in [6.45, 7) is 2.93. The molecule has 0 N–H and O–H groups in total. The number of hydrogen-bond donors (Lipinski definition) is 0. The second kappa shape index (κ2) is 15.0. The molecule has 0 bridgehead atoms. The molecule has 0 aliphatic rings. The van der Waals surface area contributed by atoms with E-state index in [0.29, 0.717) is 34.3 Å². The van der Waals surface area contributed by atoms with E-state index < -0.39 is 5.97 Å². The zero-order chi connectivity index (χ0) is 27.3. The Morgan fingerprint density at radius 3 is 2.10 bits per heavy atom. The number of carbonyl (C=O) groups excluding carboxylic acids is 1. The Hall–Kier alpha value is -3.70. The van der Waals surface area contributed by atoms with Crippen molar-refractivity contribution in [3.8, 4) is 11.5 Å². The normalized spacial score (nSPS) is 11.2. The van der Waals surface area contributed by atoms with Gasteiger partial charge in [-0.25, -0.2) is 4.79 Å². The number of benzene rings is 4. The SMILES string of the molecule is CCCCCCCCCCOc1ccc(C(=O)Oc2ccc(N=Nc3ccc(Cl)cc3)c3ccccc23)cc1. The maximum atomic E-state index is 12.9. The Morgan fingerprint density at radius 2 is 1.38 bits per heavy atom. The highest BCUT2D eigenvalue weighted by Crippen LogP contribution is 2.34. The number of hydrogen-bond acceptors (Lipinski definition) is 5. The number of rotatable bonds is 14. The van der Waals surface area contributed by atoms with E-state index in [1.807, 2.05) is 36.4 Å². The minimum Gasteiger partial charge on any atom is -0.494 e. The van der Waals surface area contributed by atoms with Crippen molar-refractivity contribution >= 4 is 39.7 Å². The fourth-order valence-electron chi connectivity index (χ4n) is 4.32. The van der Waals surface area contributed by atoms with Gasteiger partial charge in [0.2, 0.25) is 0 Å². The lowest BCUT2D eigenvalue weighted by Gasteiger charge is -2.10. The largest absolute Gasteiger partial charge is 0.494 e. The van der Waals surface area contributed by atoms with E-state index in [1.165, 1.54) is 44.9 Å². The molecule has 0 fully saturated rings. The summed E-state index contributed by atoms with van der Waals surface area (Å²) >= 11 is 5.95. The van der Waals surface area contributed by atoms with Gasteiger partial charge >= 0.3 is 5.97 Å². The van der Waals surface area contributed by atoms with Crippen LogP contribution in [0, 0.1) is 0 Å². The van der Waals surface area contributed by atoms with Gasteiger partial charge < -0.3 is 9.47 Å². The molecule has 0 unspecified atom stereocenters. The summed E-state index contributed by atoms with van der Waals surface area (Å²) in [6.07, 6.45) is 10.1. The molecule has 0 heterocycles. The minimum atomic E-state index is -0.426. The van der Waals surface area contributed by atoms with E-state index in [1.54, 1.807) is 48.5 Å². The summed E-state index contributed by atoms with van der Waals surface area (Å²) < 4.78 is 11.6. The van der Waals surface area contributed by atoms with E-state index in [-0.39, 0.29) is 0 Å². The summed E-state index contributed by atoms with van der Waals surface area (Å²) in [5, 5.41) is 11.0. The van der Waals surface area contributed by atoms with Crippen LogP contribution in [0.25, 0.3) is 10.8 Å². The summed E-state index contributed by atoms with van der Waals surface area (Å²) in [5.74, 6) is 0.803. The van der Waals surface area contributed by atoms with E-state index >= 15 is 0 Å². The number of unbranched alkanes of at least 4 members (excludes halogenated alkanes) is 7. The lowest BCUT2D eigenvalue weighted by atomic mass is 10.1. The molecule has 0 saturated heterocycles. The second-order valence-electron chi connectivity index (χ2n) is 9.54. The molecule has 6 heteroatoms. The van der Waals surface area contributed by atoms with E-state index in [4.69, 9.17) is 21.1 Å². The van der Waals surface area contributed by atoms with Crippen molar-refractivity contribution in [3.63, 3.8) is 0 Å². The van der Waals surface area contributed by atoms with Gasteiger partial charge in [-0.1, -0.05) is 87.7 Å². The summed E-state index contributed by atoms with van der Waals surface area (Å²) in [6, 6.07) is 25.5. The maximum Gasteiger partial charge on any atom is 0.343 e. The number of carbonyl (C=O) groups is 1. The zero-order valence-corrected chi connectivity index (χ0v) is 23.2. The molecule has 0 aromatic heterocycles. The van der Waals surface area contributed by atoms with Crippen molar-refractivity contribution in [3.05, 3.63) is 95.5 Å². The Bertz CT molecular complexity index is 1370. The highest BCUT2D eigenvalue weighted by Gasteiger charge is 2.13. The highest BCUT2D eigenvalue weighted by atomic mass is 35.5. The van der Waals surface area contributed by atoms with Crippen LogP contribution in [0.4, 0.5) is 11.4 Å². The molecule has 4 aromatic carbocycles. The molecular weight excluding hydrogens is 508 g/mol. The number of halogens is 1. The first kappa shape index (κ1) is 28.3. The fraction of sp³-hybridized carbons (Fsp3) is 0.303. The van der Waals surface area contributed by atoms with Crippen molar-refractivity contribution in [1.82, 2.24) is 0 Å². The Labute approximate surface area is 235 Å². The lowest BCUT2D eigenvalue weighted by Crippen LogP contribution is -2.08. The minimum absolute atomic E-state index is 0.426. The predicted octanol–water partition coefficient (Wildman–Crippen LogP) is 10.6. The molecule has 5 nitrogen and oxygen atoms in total. The second-order valence-corrected chi connectivity index (χ2v) is 9.98. The molecule has 0 atom stereocenters. The molecule has 202 valence electrons. The van der Waals surface area contributed by atoms with Crippen LogP contribution in [0.5, 0.6) is 11.5 Å². The highest BCUT2D eigenvalue weighted by molar-refractivity contribution is 6.30. The fourth-order valence-corrected chi connectivity index (χ4v) is 4.45. The molecule has 0 radical (unpaired) electrons. The Kier molecular flexibility index (Phi) is 10.9. The van der Waals surface area contributed by atoms with Gasteiger partial charge in [-0.05, 0) is 67.1 Å². The van der Waals surface area contributed by atoms with Gasteiger partial charge in [-0.2, -0.15) is 5.11 Å². The topological polar surface area (TPSA) is 60.2 Å². The van der Waals surface area contributed by atoms with Crippen LogP contribution >= 0.6 is 11.6 Å². The van der Waals surface area contributed by atoms with E-state index in [2.05, 4.69) is 17.2 Å². The molecule has 0 aliphatic carbocycles. The van der Waals surface area contributed by atoms with Gasteiger partial charge in [0.15, 0.2) is 0 Å². The molecule has 0 spiro atoms. The van der Waals surface area contributed by atoms with Crippen LogP contribution in [0.2, 0.25) is 5.02 Å². The smallest absolute Gasteiger partial charge is 0.343 e. The summed E-state index contributed by atoms with van der Waals surface area (Å²) in [5.41, 5.74) is 1.84. The number of nitrogens with zero attached hydrogens (tertiary/aromatic N) is 2. The molecule has 39 heavy (non-hydrogen) atoms. The zero-order valence-electron chi connectivity index (χ0n) is 22.4. The van der Waals surface area contributed by atoms with Gasteiger partial charge in [0.1, 0.15) is 11.5 Å². The van der Waals surface area contributed by atoms with Gasteiger partial charge in [-0.15, -0.1) is 5.11 Å². The average molecular weight is 543 g/mol. The van der Waals surface area contributed by atoms with Crippen LogP contribution in [0.15, 0.2) is 95.2 Å². The van der Waals surface area contributed by atoms with E-state index in [0.717, 1.165) is 22.9 Å². The van der Waals surface area contributed by atoms with Crippen molar-refractivity contribution < 1.29 is 14.3 Å². The summed E-state index contributed by atoms with van der Waals surface area (Å²) in [7, 11) is 0. The van der Waals surface area contributed by atoms with Crippen molar-refractivity contribution in [2.75, 3.05) is 6.61 Å². The van der Waals surface area contributed by atoms with Crippen LogP contribution in [0.1, 0.15) is 68.6 Å². The quantitative estimate of drug-likeness (QED) is 0.0688. The molecule has 4 rings (SSSR count). The van der Waals surface area contributed by atoms with Crippen molar-refractivity contribution in [2.45, 2.75) is 58.3 Å². The van der Waals surface area contributed by atoms with Crippen LogP contribution in [0.3, 0.4) is 0 Å². The molecule has 0 amide bonds. The summed E-state index contributed by atoms with van der Waals surface area (Å²) in [4.78, 5) is 12.9. The van der Waals surface area contributed by atoms with Gasteiger partial charge in [0, 0.05) is 15.8 Å². The predicted molar refractivity (Wildman–Crippen MR) is 159 cm³/mol. The van der Waals surface area contributed by atoms with Crippen LogP contribution in [-0.2, 0) is 0 Å². The monoisotopic (exact) mass is 542 g/mol. The maximum absolute atomic E-state index is 12.9. The molecular formula is C33H35ClN2O3. The molecule has 4 aromatic rings. The van der Waals surface area contributed by atoms with Gasteiger partial charge in [0.25, 0.3) is 0 Å². The Morgan fingerprint density at radius 1 is 0.718 bits per heavy atom. The van der Waals surface area contributed by atoms with Crippen molar-refractivity contribution in [2.24, 2.45) is 10.2 Å². The first-order valence-electron chi connectivity index (χ1n) is 13.8. The molecule has 0 saturated carbocycles. The number of azo groups is 1. The number of ether oxygens (including phenoxy) is 2. The van der Waals surface area contributed by atoms with Crippen molar-refractivity contribution in [1.29, 1.82) is 0 Å². The standard InChI is InChI=1S/C33H35ClN2O3/c1-2-3-4-5-6-7-8-11-24-38-28-20-14-25(15-21-28)33(37)39-32-23-22-31(29-12-9-10-13-30(29)32)36-35-27-18-16-26(34)17-19-27/h9-10,12-23H,2-8,11,24H2,1H3. The van der Waals surface area contributed by atoms with Crippen LogP contribution < -0.4 is 9.47 Å². The number of esters is 1. The number of fused-ring (bicyclic) bond motifs is 1. The lowest BCUT2D eigenvalue weighted by molar-refractivity contribution is 0.0737. The first-order chi connectivity index (χ1) is 19.1. The van der Waals surface area contributed by atoms with Crippen LogP contribution in [-0.4, -0.2) is 12.6 Å². The Balaban J connectivity index is 1.32. The van der Waals surface area contributed by atoms with E-state index in [9.17, 15) is 4.79 Å². The first-order valence-corrected chi connectivity index (χ1v) is 14.2. The van der Waals surface area contributed by atoms with Gasteiger partial charge in [-0.3, -0.25) is 0 Å². The molecule has 0 aliphatic heterocycles. The average Bonchev–Trinajstić information content (AvgIpc) is 2.97. The third-order valence-corrected chi connectivity index (χ3v) is 6.77. The third-order valence-electron chi connectivity index (χ3n) is 6.52.